The molecule has 0 atom stereocenters. The topological polar surface area (TPSA) is 105 Å². The van der Waals surface area contributed by atoms with Gasteiger partial charge in [-0.1, -0.05) is 0 Å². The van der Waals surface area contributed by atoms with Crippen LogP contribution in [0.4, 0.5) is 14.5 Å². The second-order valence-corrected chi connectivity index (χ2v) is 6.45. The number of H-pyrrole nitrogens is 1. The zero-order chi connectivity index (χ0) is 21.8. The number of aromatic nitrogens is 4. The van der Waals surface area contributed by atoms with Gasteiger partial charge >= 0.3 is 6.61 Å². The van der Waals surface area contributed by atoms with Crippen molar-refractivity contribution in [2.75, 3.05) is 19.4 Å². The molecule has 158 valence electrons. The van der Waals surface area contributed by atoms with Gasteiger partial charge in [-0.05, 0) is 37.3 Å². The molecule has 3 rings (SSSR count). The summed E-state index contributed by atoms with van der Waals surface area (Å²) in [4.78, 5) is 26.5. The quantitative estimate of drug-likeness (QED) is 0.614. The highest BCUT2D eigenvalue weighted by Crippen LogP contribution is 2.23. The molecule has 0 fully saturated rings. The number of hydrogen-bond donors (Lipinski definition) is 2. The predicted molar refractivity (Wildman–Crippen MR) is 105 cm³/mol. The van der Waals surface area contributed by atoms with E-state index in [1.165, 1.54) is 34.0 Å². The van der Waals surface area contributed by atoms with Crippen molar-refractivity contribution in [3.63, 3.8) is 0 Å². The molecular formula is C19H20F2N6O3. The Morgan fingerprint density at radius 2 is 1.97 bits per heavy atom. The van der Waals surface area contributed by atoms with Crippen LogP contribution in [-0.2, 0) is 6.54 Å². The van der Waals surface area contributed by atoms with Crippen LogP contribution < -0.4 is 10.1 Å². The minimum Gasteiger partial charge on any atom is -0.435 e. The number of alkyl halides is 2. The molecule has 0 saturated carbocycles. The predicted octanol–water partition coefficient (Wildman–Crippen LogP) is 2.85. The number of aromatic amines is 1. The van der Waals surface area contributed by atoms with Crippen molar-refractivity contribution in [1.82, 2.24) is 24.9 Å². The van der Waals surface area contributed by atoms with Gasteiger partial charge in [0, 0.05) is 26.2 Å². The third kappa shape index (κ3) is 4.45. The van der Waals surface area contributed by atoms with Crippen molar-refractivity contribution >= 4 is 17.5 Å². The fraction of sp³-hybridized carbons (Fsp3) is 0.263. The Morgan fingerprint density at radius 3 is 2.57 bits per heavy atom. The summed E-state index contributed by atoms with van der Waals surface area (Å²) >= 11 is 0. The van der Waals surface area contributed by atoms with E-state index in [1.807, 2.05) is 6.92 Å². The number of hydrogen-bond acceptors (Lipinski definition) is 5. The number of aryl methyl sites for hydroxylation is 1. The molecule has 0 aliphatic heterocycles. The molecule has 0 unspecified atom stereocenters. The van der Waals surface area contributed by atoms with Gasteiger partial charge in [0.2, 0.25) is 0 Å². The number of carbonyl (C=O) groups excluding carboxylic acids is 2. The molecule has 0 spiro atoms. The van der Waals surface area contributed by atoms with E-state index in [0.29, 0.717) is 17.8 Å². The summed E-state index contributed by atoms with van der Waals surface area (Å²) in [6.07, 6.45) is 1.41. The van der Waals surface area contributed by atoms with E-state index >= 15 is 0 Å². The highest BCUT2D eigenvalue weighted by Gasteiger charge is 2.22. The fourth-order valence-electron chi connectivity index (χ4n) is 2.74. The summed E-state index contributed by atoms with van der Waals surface area (Å²) in [6.45, 7) is -0.605. The molecule has 9 nitrogen and oxygen atoms in total. The molecule has 3 aromatic rings. The Morgan fingerprint density at radius 1 is 1.27 bits per heavy atom. The Hall–Kier alpha value is -3.76. The van der Waals surface area contributed by atoms with Gasteiger partial charge in [0.25, 0.3) is 11.8 Å². The van der Waals surface area contributed by atoms with Crippen molar-refractivity contribution < 1.29 is 23.1 Å². The van der Waals surface area contributed by atoms with Crippen LogP contribution in [-0.4, -0.2) is 57.4 Å². The van der Waals surface area contributed by atoms with E-state index in [9.17, 15) is 18.4 Å². The first-order valence-electron chi connectivity index (χ1n) is 8.99. The standard InChI is InChI=1S/C19H20F2N6O3/c1-4-27-16(18(29)26(2)3)15(10-22-27)23-17(28)14-9-13(24-25-14)11-5-7-12(8-6-11)30-19(20)21/h5-10,19H,4H2,1-3H3,(H,23,28)(H,24,25). The minimum absolute atomic E-state index is 0.0216. The summed E-state index contributed by atoms with van der Waals surface area (Å²) in [5, 5.41) is 13.5. The van der Waals surface area contributed by atoms with Gasteiger partial charge in [-0.25, -0.2) is 0 Å². The summed E-state index contributed by atoms with van der Waals surface area (Å²) in [6, 6.07) is 7.38. The first-order valence-corrected chi connectivity index (χ1v) is 8.99. The van der Waals surface area contributed by atoms with E-state index in [2.05, 4.69) is 25.3 Å². The maximum atomic E-state index is 12.6. The molecular weight excluding hydrogens is 398 g/mol. The number of halogens is 2. The Kier molecular flexibility index (Phi) is 6.09. The maximum absolute atomic E-state index is 12.6. The number of rotatable bonds is 7. The van der Waals surface area contributed by atoms with Crippen LogP contribution in [0.15, 0.2) is 36.5 Å². The van der Waals surface area contributed by atoms with Crippen molar-refractivity contribution in [2.24, 2.45) is 0 Å². The fourth-order valence-corrected chi connectivity index (χ4v) is 2.74. The van der Waals surface area contributed by atoms with E-state index in [-0.39, 0.29) is 28.7 Å². The SMILES string of the molecule is CCn1ncc(NC(=O)c2cc(-c3ccc(OC(F)F)cc3)n[nH]2)c1C(=O)N(C)C. The zero-order valence-corrected chi connectivity index (χ0v) is 16.5. The number of benzene rings is 1. The number of carbonyl (C=O) groups is 2. The lowest BCUT2D eigenvalue weighted by molar-refractivity contribution is -0.0498. The lowest BCUT2D eigenvalue weighted by Gasteiger charge is -2.13. The Balaban J connectivity index is 1.78. The molecule has 2 amide bonds. The third-order valence-corrected chi connectivity index (χ3v) is 4.19. The molecule has 0 radical (unpaired) electrons. The van der Waals surface area contributed by atoms with Gasteiger partial charge < -0.3 is 15.0 Å². The molecule has 30 heavy (non-hydrogen) atoms. The lowest BCUT2D eigenvalue weighted by atomic mass is 10.1. The van der Waals surface area contributed by atoms with Crippen LogP contribution in [0.2, 0.25) is 0 Å². The van der Waals surface area contributed by atoms with Crippen molar-refractivity contribution in [2.45, 2.75) is 20.1 Å². The van der Waals surface area contributed by atoms with Crippen LogP contribution in [0.5, 0.6) is 5.75 Å². The van der Waals surface area contributed by atoms with Gasteiger partial charge in [0.05, 0.1) is 17.6 Å². The minimum atomic E-state index is -2.90. The van der Waals surface area contributed by atoms with Crippen molar-refractivity contribution in [3.05, 3.63) is 47.9 Å². The number of nitrogens with zero attached hydrogens (tertiary/aromatic N) is 4. The van der Waals surface area contributed by atoms with Gasteiger partial charge in [-0.3, -0.25) is 19.4 Å². The highest BCUT2D eigenvalue weighted by atomic mass is 19.3. The molecule has 2 aromatic heterocycles. The molecule has 2 heterocycles. The smallest absolute Gasteiger partial charge is 0.387 e. The number of nitrogens with one attached hydrogen (secondary N) is 2. The van der Waals surface area contributed by atoms with Gasteiger partial charge in [0.1, 0.15) is 17.1 Å². The van der Waals surface area contributed by atoms with Crippen LogP contribution in [0, 0.1) is 0 Å². The average molecular weight is 418 g/mol. The number of ether oxygens (including phenoxy) is 1. The molecule has 0 saturated heterocycles. The van der Waals surface area contributed by atoms with E-state index in [4.69, 9.17) is 0 Å². The van der Waals surface area contributed by atoms with E-state index < -0.39 is 12.5 Å². The maximum Gasteiger partial charge on any atom is 0.387 e. The first-order chi connectivity index (χ1) is 14.3. The monoisotopic (exact) mass is 418 g/mol. The normalized spacial score (nSPS) is 10.9. The zero-order valence-electron chi connectivity index (χ0n) is 16.5. The summed E-state index contributed by atoms with van der Waals surface area (Å²) in [7, 11) is 3.22. The molecule has 1 aromatic carbocycles. The summed E-state index contributed by atoms with van der Waals surface area (Å²) < 4.78 is 30.3. The Labute approximate surface area is 170 Å². The van der Waals surface area contributed by atoms with Gasteiger partial charge in [-0.15, -0.1) is 0 Å². The highest BCUT2D eigenvalue weighted by molar-refractivity contribution is 6.07. The molecule has 0 aliphatic rings. The van der Waals surface area contributed by atoms with Crippen LogP contribution >= 0.6 is 0 Å². The second-order valence-electron chi connectivity index (χ2n) is 6.45. The molecule has 11 heteroatoms. The molecule has 0 aliphatic carbocycles. The van der Waals surface area contributed by atoms with Gasteiger partial charge in [0.15, 0.2) is 0 Å². The van der Waals surface area contributed by atoms with Crippen LogP contribution in [0.1, 0.15) is 27.9 Å². The lowest BCUT2D eigenvalue weighted by Crippen LogP contribution is -2.26. The summed E-state index contributed by atoms with van der Waals surface area (Å²) in [5.41, 5.74) is 1.76. The van der Waals surface area contributed by atoms with Gasteiger partial charge in [-0.2, -0.15) is 19.0 Å². The number of anilines is 1. The molecule has 2 N–H and O–H groups in total. The van der Waals surface area contributed by atoms with Crippen LogP contribution in [0.25, 0.3) is 11.3 Å². The summed E-state index contributed by atoms with van der Waals surface area (Å²) in [5.74, 6) is -0.774. The van der Waals surface area contributed by atoms with E-state index in [0.717, 1.165) is 0 Å². The molecule has 0 bridgehead atoms. The largest absolute Gasteiger partial charge is 0.435 e. The third-order valence-electron chi connectivity index (χ3n) is 4.19. The first kappa shape index (κ1) is 21.0. The van der Waals surface area contributed by atoms with Crippen molar-refractivity contribution in [1.29, 1.82) is 0 Å². The van der Waals surface area contributed by atoms with E-state index in [1.54, 1.807) is 26.2 Å². The number of amides is 2. The second kappa shape index (κ2) is 8.72. The van der Waals surface area contributed by atoms with Crippen LogP contribution in [0.3, 0.4) is 0 Å². The van der Waals surface area contributed by atoms with Crippen molar-refractivity contribution in [3.8, 4) is 17.0 Å². The Bertz CT molecular complexity index is 1040. The average Bonchev–Trinajstić information content (AvgIpc) is 3.34.